The first-order valence-electron chi connectivity index (χ1n) is 10.4. The predicted molar refractivity (Wildman–Crippen MR) is 105 cm³/mol. The van der Waals surface area contributed by atoms with Crippen LogP contribution in [-0.2, 0) is 11.3 Å². The van der Waals surface area contributed by atoms with E-state index in [0.29, 0.717) is 6.54 Å². The molecule has 0 radical (unpaired) electrons. The third-order valence-corrected chi connectivity index (χ3v) is 7.02. The third-order valence-electron chi connectivity index (χ3n) is 7.02. The molecule has 4 saturated carbocycles. The van der Waals surface area contributed by atoms with Crippen molar-refractivity contribution in [3.05, 3.63) is 35.6 Å². The molecular formula is C22H30FN3O2. The van der Waals surface area contributed by atoms with E-state index in [1.165, 1.54) is 31.4 Å². The van der Waals surface area contributed by atoms with Gasteiger partial charge in [0, 0.05) is 12.1 Å². The van der Waals surface area contributed by atoms with Crippen LogP contribution in [-0.4, -0.2) is 35.5 Å². The lowest BCUT2D eigenvalue weighted by atomic mass is 9.53. The Morgan fingerprint density at radius 1 is 1.18 bits per heavy atom. The third kappa shape index (κ3) is 4.07. The van der Waals surface area contributed by atoms with E-state index in [1.54, 1.807) is 20.0 Å². The molecule has 6 heteroatoms. The van der Waals surface area contributed by atoms with Gasteiger partial charge in [0.2, 0.25) is 5.91 Å². The Hall–Kier alpha value is -1.95. The van der Waals surface area contributed by atoms with E-state index >= 15 is 0 Å². The molecule has 0 saturated heterocycles. The van der Waals surface area contributed by atoms with Crippen molar-refractivity contribution in [3.63, 3.8) is 0 Å². The number of benzene rings is 1. The molecule has 4 fully saturated rings. The van der Waals surface area contributed by atoms with E-state index in [4.69, 9.17) is 0 Å². The predicted octanol–water partition coefficient (Wildman–Crippen LogP) is 3.44. The summed E-state index contributed by atoms with van der Waals surface area (Å²) in [5.41, 5.74) is 0.677. The van der Waals surface area contributed by atoms with Crippen LogP contribution in [0.5, 0.6) is 0 Å². The van der Waals surface area contributed by atoms with Crippen LogP contribution in [0.2, 0.25) is 0 Å². The second-order valence-electron chi connectivity index (χ2n) is 9.36. The number of hydrogen-bond acceptors (Lipinski definition) is 3. The Labute approximate surface area is 166 Å². The van der Waals surface area contributed by atoms with Crippen molar-refractivity contribution >= 4 is 11.9 Å². The van der Waals surface area contributed by atoms with Crippen molar-refractivity contribution in [2.45, 2.75) is 63.6 Å². The molecule has 5 nitrogen and oxygen atoms in total. The van der Waals surface area contributed by atoms with Crippen LogP contribution in [0.4, 0.5) is 9.18 Å². The van der Waals surface area contributed by atoms with Gasteiger partial charge in [-0.3, -0.25) is 15.0 Å². The van der Waals surface area contributed by atoms with Gasteiger partial charge in [0.1, 0.15) is 5.82 Å². The van der Waals surface area contributed by atoms with Crippen molar-refractivity contribution in [1.29, 1.82) is 0 Å². The molecule has 0 spiro atoms. The lowest BCUT2D eigenvalue weighted by Gasteiger charge is -2.56. The van der Waals surface area contributed by atoms with E-state index in [9.17, 15) is 14.0 Å². The Morgan fingerprint density at radius 3 is 2.36 bits per heavy atom. The normalized spacial score (nSPS) is 31.6. The van der Waals surface area contributed by atoms with Crippen molar-refractivity contribution in [3.8, 4) is 0 Å². The standard InChI is InChI=1S/C22H30FN3O2/c1-14(26(2)13-15-4-3-5-19(23)9-15)20(27)24-21(28)25-22-10-16-6-17(11-22)8-18(7-16)12-22/h3-5,9,14,16-18H,6-8,10-13H2,1-2H3,(H2,24,25,27,28). The van der Waals surface area contributed by atoms with Crippen LogP contribution in [0.25, 0.3) is 0 Å². The summed E-state index contributed by atoms with van der Waals surface area (Å²) in [4.78, 5) is 26.9. The van der Waals surface area contributed by atoms with Gasteiger partial charge in [0.15, 0.2) is 0 Å². The number of imide groups is 1. The Bertz CT molecular complexity index is 731. The molecule has 4 bridgehead atoms. The summed E-state index contributed by atoms with van der Waals surface area (Å²) in [5, 5.41) is 5.70. The molecule has 0 aromatic heterocycles. The molecule has 4 aliphatic rings. The molecule has 0 heterocycles. The van der Waals surface area contributed by atoms with Crippen LogP contribution >= 0.6 is 0 Å². The Morgan fingerprint density at radius 2 is 1.79 bits per heavy atom. The maximum atomic E-state index is 13.4. The van der Waals surface area contributed by atoms with Crippen molar-refractivity contribution in [2.75, 3.05) is 7.05 Å². The fourth-order valence-corrected chi connectivity index (χ4v) is 6.01. The molecule has 1 atom stereocenters. The highest BCUT2D eigenvalue weighted by molar-refractivity contribution is 5.97. The van der Waals surface area contributed by atoms with Crippen molar-refractivity contribution in [1.82, 2.24) is 15.5 Å². The van der Waals surface area contributed by atoms with Gasteiger partial charge in [-0.05, 0) is 87.9 Å². The first kappa shape index (κ1) is 19.4. The highest BCUT2D eigenvalue weighted by atomic mass is 19.1. The number of nitrogens with one attached hydrogen (secondary N) is 2. The SMILES string of the molecule is CC(C(=O)NC(=O)NC12CC3CC(CC(C3)C1)C2)N(C)Cc1cccc(F)c1. The van der Waals surface area contributed by atoms with Gasteiger partial charge in [-0.15, -0.1) is 0 Å². The van der Waals surface area contributed by atoms with Gasteiger partial charge in [0.05, 0.1) is 6.04 Å². The van der Waals surface area contributed by atoms with Gasteiger partial charge < -0.3 is 5.32 Å². The second-order valence-corrected chi connectivity index (χ2v) is 9.36. The minimum absolute atomic E-state index is 0.115. The number of carbonyl (C=O) groups excluding carboxylic acids is 2. The number of likely N-dealkylation sites (N-methyl/N-ethyl adjacent to an activating group) is 1. The molecule has 1 unspecified atom stereocenters. The highest BCUT2D eigenvalue weighted by Gasteiger charge is 2.51. The maximum Gasteiger partial charge on any atom is 0.321 e. The lowest BCUT2D eigenvalue weighted by Crippen LogP contribution is -2.62. The minimum atomic E-state index is -0.495. The average Bonchev–Trinajstić information content (AvgIpc) is 2.59. The van der Waals surface area contributed by atoms with Gasteiger partial charge in [0.25, 0.3) is 0 Å². The number of nitrogens with zero attached hydrogens (tertiary/aromatic N) is 1. The molecule has 5 rings (SSSR count). The fraction of sp³-hybridized carbons (Fsp3) is 0.636. The van der Waals surface area contributed by atoms with Crippen LogP contribution in [0, 0.1) is 23.6 Å². The quantitative estimate of drug-likeness (QED) is 0.814. The van der Waals surface area contributed by atoms with E-state index in [-0.39, 0.29) is 23.3 Å². The first-order chi connectivity index (χ1) is 13.3. The molecule has 1 aromatic rings. The lowest BCUT2D eigenvalue weighted by molar-refractivity contribution is -0.124. The molecule has 1 aromatic carbocycles. The van der Waals surface area contributed by atoms with E-state index < -0.39 is 6.04 Å². The van der Waals surface area contributed by atoms with Crippen molar-refractivity contribution in [2.24, 2.45) is 17.8 Å². The van der Waals surface area contributed by atoms with Gasteiger partial charge in [-0.2, -0.15) is 0 Å². The van der Waals surface area contributed by atoms with E-state index in [2.05, 4.69) is 10.6 Å². The summed E-state index contributed by atoms with van der Waals surface area (Å²) < 4.78 is 13.4. The zero-order chi connectivity index (χ0) is 19.9. The van der Waals surface area contributed by atoms with Crippen molar-refractivity contribution < 1.29 is 14.0 Å². The van der Waals surface area contributed by atoms with Crippen LogP contribution in [0.15, 0.2) is 24.3 Å². The molecule has 0 aliphatic heterocycles. The highest BCUT2D eigenvalue weighted by Crippen LogP contribution is 2.55. The Balaban J connectivity index is 1.31. The topological polar surface area (TPSA) is 61.4 Å². The summed E-state index contributed by atoms with van der Waals surface area (Å²) >= 11 is 0. The number of rotatable bonds is 5. The monoisotopic (exact) mass is 387 g/mol. The molecule has 2 N–H and O–H groups in total. The van der Waals surface area contributed by atoms with Crippen LogP contribution in [0.3, 0.4) is 0 Å². The molecule has 3 amide bonds. The number of hydrogen-bond donors (Lipinski definition) is 2. The Kier molecular flexibility index (Phi) is 5.17. The van der Waals surface area contributed by atoms with Gasteiger partial charge in [-0.25, -0.2) is 9.18 Å². The minimum Gasteiger partial charge on any atom is -0.332 e. The summed E-state index contributed by atoms with van der Waals surface area (Å²) in [7, 11) is 1.80. The first-order valence-corrected chi connectivity index (χ1v) is 10.4. The smallest absolute Gasteiger partial charge is 0.321 e. The van der Waals surface area contributed by atoms with E-state index in [1.807, 2.05) is 11.0 Å². The molecule has 28 heavy (non-hydrogen) atoms. The van der Waals surface area contributed by atoms with Gasteiger partial charge >= 0.3 is 6.03 Å². The number of carbonyl (C=O) groups is 2. The second kappa shape index (κ2) is 7.47. The summed E-state index contributed by atoms with van der Waals surface area (Å²) in [6, 6.07) is 5.46. The van der Waals surface area contributed by atoms with E-state index in [0.717, 1.165) is 42.6 Å². The number of urea groups is 1. The molecular weight excluding hydrogens is 357 g/mol. The van der Waals surface area contributed by atoms with Gasteiger partial charge in [-0.1, -0.05) is 12.1 Å². The summed E-state index contributed by atoms with van der Waals surface area (Å²) in [6.45, 7) is 2.19. The average molecular weight is 387 g/mol. The molecule has 4 aliphatic carbocycles. The molecule has 152 valence electrons. The fourth-order valence-electron chi connectivity index (χ4n) is 6.01. The number of halogens is 1. The van der Waals surface area contributed by atoms with Crippen LogP contribution in [0.1, 0.15) is 51.0 Å². The van der Waals surface area contributed by atoms with Crippen LogP contribution < -0.4 is 10.6 Å². The summed E-state index contributed by atoms with van der Waals surface area (Å²) in [6.07, 6.45) is 7.08. The number of amides is 3. The largest absolute Gasteiger partial charge is 0.332 e. The maximum absolute atomic E-state index is 13.4. The zero-order valence-corrected chi connectivity index (χ0v) is 16.7. The summed E-state index contributed by atoms with van der Waals surface area (Å²) in [5.74, 6) is 1.58. The zero-order valence-electron chi connectivity index (χ0n) is 16.7.